The van der Waals surface area contributed by atoms with Gasteiger partial charge in [0.1, 0.15) is 23.1 Å². The Morgan fingerprint density at radius 1 is 1.20 bits per heavy atom. The van der Waals surface area contributed by atoms with E-state index in [1.807, 2.05) is 12.1 Å². The molecule has 1 aromatic heterocycles. The second-order valence-electron chi connectivity index (χ2n) is 6.87. The van der Waals surface area contributed by atoms with E-state index >= 15 is 0 Å². The van der Waals surface area contributed by atoms with Gasteiger partial charge in [-0.3, -0.25) is 0 Å². The lowest BCUT2D eigenvalue weighted by Gasteiger charge is -2.18. The van der Waals surface area contributed by atoms with Crippen molar-refractivity contribution in [2.24, 2.45) is 0 Å². The number of alkyl halides is 3. The summed E-state index contributed by atoms with van der Waals surface area (Å²) in [7, 11) is 1.58. The van der Waals surface area contributed by atoms with E-state index in [0.29, 0.717) is 30.9 Å². The fourth-order valence-corrected chi connectivity index (χ4v) is 3.01. The maximum Gasteiger partial charge on any atom is 0.417 e. The van der Waals surface area contributed by atoms with Crippen LogP contribution in [0.2, 0.25) is 5.02 Å². The molecule has 2 aromatic rings. The normalized spacial score (nSPS) is 12.6. The molecule has 1 aromatic carbocycles. The smallest absolute Gasteiger partial charge is 0.417 e. The molecule has 0 saturated heterocycles. The molecule has 2 rings (SSSR count). The van der Waals surface area contributed by atoms with Gasteiger partial charge in [-0.25, -0.2) is 4.98 Å². The third-order valence-electron chi connectivity index (χ3n) is 4.43. The monoisotopic (exact) mass is 444 g/mol. The molecule has 0 bridgehead atoms. The van der Waals surface area contributed by atoms with Gasteiger partial charge in [0, 0.05) is 19.4 Å². The number of nitrogens with zero attached hydrogens (tertiary/aromatic N) is 1. The summed E-state index contributed by atoms with van der Waals surface area (Å²) in [4.78, 5) is 3.78. The number of benzene rings is 1. The Morgan fingerprint density at radius 3 is 2.60 bits per heavy atom. The van der Waals surface area contributed by atoms with E-state index < -0.39 is 11.7 Å². The molecule has 0 saturated carbocycles. The minimum absolute atomic E-state index is 0.0929. The van der Waals surface area contributed by atoms with Crippen LogP contribution in [0.1, 0.15) is 50.2 Å². The first-order chi connectivity index (χ1) is 14.3. The molecule has 1 unspecified atom stereocenters. The standard InChI is InChI=1S/C22H26ClF3NO3/c1-4-5-6-7-15(2)18-9-8-17(29-11-10-28-3)13-20(18)30-21-19(23)12-16(14-27-21)22(24,25)26/h6,8-9,12-15H,4-5,7,10-11H2,1-3H3. The predicted octanol–water partition coefficient (Wildman–Crippen LogP) is 7.07. The van der Waals surface area contributed by atoms with E-state index in [0.717, 1.165) is 30.9 Å². The van der Waals surface area contributed by atoms with Crippen molar-refractivity contribution < 1.29 is 27.4 Å². The molecule has 1 atom stereocenters. The highest BCUT2D eigenvalue weighted by Gasteiger charge is 2.32. The van der Waals surface area contributed by atoms with Gasteiger partial charge in [0.15, 0.2) is 0 Å². The lowest BCUT2D eigenvalue weighted by atomic mass is 9.94. The highest BCUT2D eigenvalue weighted by Crippen LogP contribution is 2.39. The maximum atomic E-state index is 12.9. The Bertz CT molecular complexity index is 815. The fraction of sp³-hybridized carbons (Fsp3) is 0.455. The van der Waals surface area contributed by atoms with Gasteiger partial charge in [0.2, 0.25) is 5.88 Å². The SMILES string of the molecule is CCC[CH]CC(C)c1ccc(OCCOC)cc1Oc1ncc(C(F)(F)F)cc1Cl. The zero-order valence-electron chi connectivity index (χ0n) is 17.3. The highest BCUT2D eigenvalue weighted by molar-refractivity contribution is 6.31. The van der Waals surface area contributed by atoms with Crippen molar-refractivity contribution in [1.82, 2.24) is 4.98 Å². The largest absolute Gasteiger partial charge is 0.491 e. The predicted molar refractivity (Wildman–Crippen MR) is 110 cm³/mol. The van der Waals surface area contributed by atoms with Crippen molar-refractivity contribution in [2.75, 3.05) is 20.3 Å². The number of hydrogen-bond donors (Lipinski definition) is 0. The molecule has 0 amide bonds. The minimum atomic E-state index is -4.53. The molecule has 1 radical (unpaired) electrons. The molecular formula is C22H26ClF3NO3. The molecule has 8 heteroatoms. The summed E-state index contributed by atoms with van der Waals surface area (Å²) in [5, 5.41) is -0.216. The van der Waals surface area contributed by atoms with Gasteiger partial charge in [0.05, 0.1) is 12.2 Å². The number of ether oxygens (including phenoxy) is 3. The number of pyridine rings is 1. The van der Waals surface area contributed by atoms with E-state index in [-0.39, 0.29) is 16.8 Å². The van der Waals surface area contributed by atoms with E-state index in [1.54, 1.807) is 13.2 Å². The third-order valence-corrected chi connectivity index (χ3v) is 4.70. The summed E-state index contributed by atoms with van der Waals surface area (Å²) >= 11 is 6.02. The maximum absolute atomic E-state index is 12.9. The minimum Gasteiger partial charge on any atom is -0.491 e. The van der Waals surface area contributed by atoms with Gasteiger partial charge in [-0.2, -0.15) is 13.2 Å². The summed E-state index contributed by atoms with van der Waals surface area (Å²) in [6.07, 6.45) is 1.29. The van der Waals surface area contributed by atoms with Gasteiger partial charge in [-0.15, -0.1) is 0 Å². The molecular weight excluding hydrogens is 419 g/mol. The quantitative estimate of drug-likeness (QED) is 0.347. The Morgan fingerprint density at radius 2 is 1.97 bits per heavy atom. The number of halogens is 4. The molecule has 4 nitrogen and oxygen atoms in total. The van der Waals surface area contributed by atoms with Crippen LogP contribution >= 0.6 is 11.6 Å². The molecule has 0 fully saturated rings. The number of unbranched alkanes of at least 4 members (excludes halogenated alkanes) is 2. The lowest BCUT2D eigenvalue weighted by molar-refractivity contribution is -0.137. The summed E-state index contributed by atoms with van der Waals surface area (Å²) in [5.74, 6) is 1.03. The summed E-state index contributed by atoms with van der Waals surface area (Å²) in [6, 6.07) is 6.22. The van der Waals surface area contributed by atoms with E-state index in [2.05, 4.69) is 25.3 Å². The van der Waals surface area contributed by atoms with Crippen molar-refractivity contribution in [3.05, 3.63) is 53.0 Å². The summed E-state index contributed by atoms with van der Waals surface area (Å²) in [6.45, 7) is 4.95. The lowest BCUT2D eigenvalue weighted by Crippen LogP contribution is -2.07. The van der Waals surface area contributed by atoms with Crippen LogP contribution in [0.25, 0.3) is 0 Å². The number of aromatic nitrogens is 1. The molecule has 30 heavy (non-hydrogen) atoms. The van der Waals surface area contributed by atoms with Crippen LogP contribution in [0.15, 0.2) is 30.5 Å². The van der Waals surface area contributed by atoms with Crippen LogP contribution in [-0.4, -0.2) is 25.3 Å². The summed E-state index contributed by atoms with van der Waals surface area (Å²) in [5.41, 5.74) is -0.0431. The zero-order valence-corrected chi connectivity index (χ0v) is 18.0. The van der Waals surface area contributed by atoms with Gasteiger partial charge in [-0.1, -0.05) is 44.4 Å². The molecule has 0 aliphatic carbocycles. The van der Waals surface area contributed by atoms with Crippen molar-refractivity contribution in [3.63, 3.8) is 0 Å². The van der Waals surface area contributed by atoms with Crippen molar-refractivity contribution in [1.29, 1.82) is 0 Å². The molecule has 0 spiro atoms. The topological polar surface area (TPSA) is 40.6 Å². The van der Waals surface area contributed by atoms with Crippen LogP contribution in [-0.2, 0) is 10.9 Å². The second kappa shape index (κ2) is 11.4. The third kappa shape index (κ3) is 7.06. The highest BCUT2D eigenvalue weighted by atomic mass is 35.5. The van der Waals surface area contributed by atoms with Crippen LogP contribution in [0, 0.1) is 6.42 Å². The molecule has 165 valence electrons. The Kier molecular flexibility index (Phi) is 9.24. The molecule has 0 N–H and O–H groups in total. The van der Waals surface area contributed by atoms with Gasteiger partial charge in [0.25, 0.3) is 0 Å². The van der Waals surface area contributed by atoms with Crippen molar-refractivity contribution in [2.45, 2.75) is 45.2 Å². The number of rotatable bonds is 11. The molecule has 0 aliphatic heterocycles. The molecule has 1 heterocycles. The van der Waals surface area contributed by atoms with E-state index in [4.69, 9.17) is 25.8 Å². The Balaban J connectivity index is 2.30. The first-order valence-corrected chi connectivity index (χ1v) is 10.1. The van der Waals surface area contributed by atoms with E-state index in [1.165, 1.54) is 0 Å². The van der Waals surface area contributed by atoms with Gasteiger partial charge >= 0.3 is 6.18 Å². The molecule has 0 aliphatic rings. The number of methoxy groups -OCH3 is 1. The van der Waals surface area contributed by atoms with Crippen LogP contribution in [0.5, 0.6) is 17.4 Å². The van der Waals surface area contributed by atoms with Crippen molar-refractivity contribution in [3.8, 4) is 17.4 Å². The Hall–Kier alpha value is -1.99. The van der Waals surface area contributed by atoms with Gasteiger partial charge in [-0.05, 0) is 36.5 Å². The zero-order chi connectivity index (χ0) is 22.1. The Labute approximate surface area is 180 Å². The second-order valence-corrected chi connectivity index (χ2v) is 7.27. The first-order valence-electron chi connectivity index (χ1n) is 9.74. The van der Waals surface area contributed by atoms with Gasteiger partial charge < -0.3 is 14.2 Å². The summed E-state index contributed by atoms with van der Waals surface area (Å²) < 4.78 is 55.1. The average Bonchev–Trinajstić information content (AvgIpc) is 2.69. The number of hydrogen-bond acceptors (Lipinski definition) is 4. The van der Waals surface area contributed by atoms with Crippen LogP contribution < -0.4 is 9.47 Å². The average molecular weight is 445 g/mol. The van der Waals surface area contributed by atoms with Crippen LogP contribution in [0.3, 0.4) is 0 Å². The first kappa shape index (κ1) is 24.3. The van der Waals surface area contributed by atoms with Crippen molar-refractivity contribution >= 4 is 11.6 Å². The van der Waals surface area contributed by atoms with E-state index in [9.17, 15) is 13.2 Å². The van der Waals surface area contributed by atoms with Crippen LogP contribution in [0.4, 0.5) is 13.2 Å². The fourth-order valence-electron chi connectivity index (χ4n) is 2.80.